The zero-order valence-corrected chi connectivity index (χ0v) is 8.40. The van der Waals surface area contributed by atoms with E-state index in [4.69, 9.17) is 5.11 Å². The minimum absolute atomic E-state index is 0.466. The highest BCUT2D eigenvalue weighted by molar-refractivity contribution is 5.85. The number of carboxylic acid groups (broad SMARTS) is 1. The van der Waals surface area contributed by atoms with Crippen molar-refractivity contribution in [3.8, 4) is 0 Å². The van der Waals surface area contributed by atoms with Gasteiger partial charge in [0.15, 0.2) is 0 Å². The quantitative estimate of drug-likeness (QED) is 0.744. The zero-order chi connectivity index (χ0) is 10.6. The van der Waals surface area contributed by atoms with E-state index in [9.17, 15) is 4.79 Å². The molecule has 0 aromatic heterocycles. The molecule has 2 nitrogen and oxygen atoms in total. The Kier molecular flexibility index (Phi) is 3.46. The van der Waals surface area contributed by atoms with Gasteiger partial charge >= 0.3 is 5.97 Å². The molecule has 74 valence electrons. The van der Waals surface area contributed by atoms with Gasteiger partial charge in [-0.1, -0.05) is 38.1 Å². The van der Waals surface area contributed by atoms with Crippen LogP contribution in [0, 0.1) is 0 Å². The van der Waals surface area contributed by atoms with Crippen LogP contribution in [0.15, 0.2) is 30.3 Å². The summed E-state index contributed by atoms with van der Waals surface area (Å²) in [6.07, 6.45) is 2.76. The van der Waals surface area contributed by atoms with Crippen LogP contribution < -0.4 is 0 Å². The van der Waals surface area contributed by atoms with E-state index in [0.29, 0.717) is 5.92 Å². The molecule has 0 saturated heterocycles. The van der Waals surface area contributed by atoms with Gasteiger partial charge in [0, 0.05) is 6.08 Å². The number of rotatable bonds is 3. The summed E-state index contributed by atoms with van der Waals surface area (Å²) in [4.78, 5) is 10.3. The summed E-state index contributed by atoms with van der Waals surface area (Å²) in [5.74, 6) is -0.451. The summed E-state index contributed by atoms with van der Waals surface area (Å²) in [7, 11) is 0. The summed E-state index contributed by atoms with van der Waals surface area (Å²) < 4.78 is 0. The molecular formula is C12H14O2. The molecule has 0 aliphatic heterocycles. The normalized spacial score (nSPS) is 11.1. The van der Waals surface area contributed by atoms with Crippen LogP contribution in [0.3, 0.4) is 0 Å². The third-order valence-corrected chi connectivity index (χ3v) is 2.00. The SMILES string of the molecule is CC(C)c1cccc(C=CC(=O)O)c1. The van der Waals surface area contributed by atoms with Gasteiger partial charge in [0.25, 0.3) is 0 Å². The Bertz CT molecular complexity index is 351. The summed E-state index contributed by atoms with van der Waals surface area (Å²) in [5.41, 5.74) is 2.15. The van der Waals surface area contributed by atoms with Crippen molar-refractivity contribution in [2.45, 2.75) is 19.8 Å². The number of hydrogen-bond acceptors (Lipinski definition) is 1. The van der Waals surface area contributed by atoms with Crippen LogP contribution in [0.2, 0.25) is 0 Å². The fourth-order valence-electron chi connectivity index (χ4n) is 1.19. The largest absolute Gasteiger partial charge is 0.478 e. The van der Waals surface area contributed by atoms with E-state index in [1.807, 2.05) is 24.3 Å². The highest BCUT2D eigenvalue weighted by Crippen LogP contribution is 2.16. The van der Waals surface area contributed by atoms with E-state index in [1.54, 1.807) is 6.08 Å². The van der Waals surface area contributed by atoms with E-state index in [0.717, 1.165) is 11.6 Å². The van der Waals surface area contributed by atoms with Crippen molar-refractivity contribution in [2.75, 3.05) is 0 Å². The van der Waals surface area contributed by atoms with Crippen LogP contribution in [0.4, 0.5) is 0 Å². The van der Waals surface area contributed by atoms with E-state index >= 15 is 0 Å². The molecule has 0 aliphatic rings. The fourth-order valence-corrected chi connectivity index (χ4v) is 1.19. The molecule has 1 aromatic rings. The maximum absolute atomic E-state index is 10.3. The second-order valence-electron chi connectivity index (χ2n) is 3.50. The van der Waals surface area contributed by atoms with Crippen LogP contribution in [0.5, 0.6) is 0 Å². The number of aliphatic carboxylic acids is 1. The molecule has 0 bridgehead atoms. The van der Waals surface area contributed by atoms with Crippen molar-refractivity contribution in [1.82, 2.24) is 0 Å². The van der Waals surface area contributed by atoms with Crippen LogP contribution >= 0.6 is 0 Å². The average Bonchev–Trinajstić information content (AvgIpc) is 2.15. The van der Waals surface area contributed by atoms with Gasteiger partial charge in [-0.25, -0.2) is 4.79 Å². The molecule has 1 N–H and O–H groups in total. The molecule has 2 heteroatoms. The van der Waals surface area contributed by atoms with Crippen molar-refractivity contribution in [3.05, 3.63) is 41.5 Å². The molecular weight excluding hydrogens is 176 g/mol. The van der Waals surface area contributed by atoms with Crippen LogP contribution in [0.25, 0.3) is 6.08 Å². The first-order chi connectivity index (χ1) is 6.59. The molecule has 0 fully saturated rings. The molecule has 0 saturated carbocycles. The highest BCUT2D eigenvalue weighted by atomic mass is 16.4. The van der Waals surface area contributed by atoms with Crippen molar-refractivity contribution < 1.29 is 9.90 Å². The van der Waals surface area contributed by atoms with Crippen molar-refractivity contribution in [1.29, 1.82) is 0 Å². The molecule has 1 aromatic carbocycles. The second kappa shape index (κ2) is 4.61. The lowest BCUT2D eigenvalue weighted by atomic mass is 10.0. The van der Waals surface area contributed by atoms with Crippen molar-refractivity contribution in [3.63, 3.8) is 0 Å². The second-order valence-corrected chi connectivity index (χ2v) is 3.50. The Morgan fingerprint density at radius 1 is 1.43 bits per heavy atom. The van der Waals surface area contributed by atoms with E-state index in [2.05, 4.69) is 13.8 Å². The lowest BCUT2D eigenvalue weighted by Gasteiger charge is -2.05. The summed E-state index contributed by atoms with van der Waals surface area (Å²) >= 11 is 0. The predicted octanol–water partition coefficient (Wildman–Crippen LogP) is 2.91. The third kappa shape index (κ3) is 3.05. The minimum atomic E-state index is -0.917. The highest BCUT2D eigenvalue weighted by Gasteiger charge is 1.98. The molecule has 14 heavy (non-hydrogen) atoms. The Balaban J connectivity index is 2.89. The minimum Gasteiger partial charge on any atom is -0.478 e. The van der Waals surface area contributed by atoms with Gasteiger partial charge in [-0.2, -0.15) is 0 Å². The Morgan fingerprint density at radius 2 is 2.14 bits per heavy atom. The van der Waals surface area contributed by atoms with Crippen LogP contribution in [-0.2, 0) is 4.79 Å². The van der Waals surface area contributed by atoms with Crippen LogP contribution in [0.1, 0.15) is 30.9 Å². The molecule has 0 radical (unpaired) electrons. The topological polar surface area (TPSA) is 37.3 Å². The van der Waals surface area contributed by atoms with Gasteiger partial charge < -0.3 is 5.11 Å². The number of carboxylic acids is 1. The maximum Gasteiger partial charge on any atom is 0.328 e. The fraction of sp³-hybridized carbons (Fsp3) is 0.250. The first-order valence-corrected chi connectivity index (χ1v) is 4.60. The van der Waals surface area contributed by atoms with Gasteiger partial charge in [0.05, 0.1) is 0 Å². The average molecular weight is 190 g/mol. The summed E-state index contributed by atoms with van der Waals surface area (Å²) in [6, 6.07) is 7.88. The number of carbonyl (C=O) groups is 1. The standard InChI is InChI=1S/C12H14O2/c1-9(2)11-5-3-4-10(8-11)6-7-12(13)14/h3-9H,1-2H3,(H,13,14). The number of benzene rings is 1. The molecule has 0 spiro atoms. The smallest absolute Gasteiger partial charge is 0.328 e. The van der Waals surface area contributed by atoms with Crippen LogP contribution in [-0.4, -0.2) is 11.1 Å². The first-order valence-electron chi connectivity index (χ1n) is 4.60. The lowest BCUT2D eigenvalue weighted by molar-refractivity contribution is -0.131. The van der Waals surface area contributed by atoms with Crippen molar-refractivity contribution in [2.24, 2.45) is 0 Å². The van der Waals surface area contributed by atoms with Gasteiger partial charge in [-0.3, -0.25) is 0 Å². The molecule has 1 rings (SSSR count). The Hall–Kier alpha value is -1.57. The molecule has 0 unspecified atom stereocenters. The lowest BCUT2D eigenvalue weighted by Crippen LogP contribution is -1.88. The zero-order valence-electron chi connectivity index (χ0n) is 8.40. The summed E-state index contributed by atoms with van der Waals surface area (Å²) in [6.45, 7) is 4.22. The third-order valence-electron chi connectivity index (χ3n) is 2.00. The number of hydrogen-bond donors (Lipinski definition) is 1. The Morgan fingerprint density at radius 3 is 2.71 bits per heavy atom. The van der Waals surface area contributed by atoms with Gasteiger partial charge in [0.1, 0.15) is 0 Å². The maximum atomic E-state index is 10.3. The Labute approximate surface area is 83.9 Å². The van der Waals surface area contributed by atoms with Gasteiger partial charge in [-0.15, -0.1) is 0 Å². The monoisotopic (exact) mass is 190 g/mol. The first kappa shape index (κ1) is 10.5. The van der Waals surface area contributed by atoms with E-state index < -0.39 is 5.97 Å². The molecule has 0 amide bonds. The predicted molar refractivity (Wildman–Crippen MR) is 57.2 cm³/mol. The molecule has 0 heterocycles. The van der Waals surface area contributed by atoms with Crippen molar-refractivity contribution >= 4 is 12.0 Å². The van der Waals surface area contributed by atoms with Gasteiger partial charge in [0.2, 0.25) is 0 Å². The van der Waals surface area contributed by atoms with Gasteiger partial charge in [-0.05, 0) is 23.1 Å². The van der Waals surface area contributed by atoms with E-state index in [-0.39, 0.29) is 0 Å². The van der Waals surface area contributed by atoms with E-state index in [1.165, 1.54) is 5.56 Å². The molecule has 0 atom stereocenters. The summed E-state index contributed by atoms with van der Waals surface area (Å²) in [5, 5.41) is 8.47. The molecule has 0 aliphatic carbocycles.